The van der Waals surface area contributed by atoms with Crippen LogP contribution in [0, 0.1) is 13.8 Å². The van der Waals surface area contributed by atoms with Crippen LogP contribution in [0.4, 0.5) is 13.2 Å². The molecule has 3 rings (SSSR count). The normalized spacial score (nSPS) is 14.5. The molecule has 1 saturated carbocycles. The predicted molar refractivity (Wildman–Crippen MR) is 97.7 cm³/mol. The van der Waals surface area contributed by atoms with E-state index in [-0.39, 0.29) is 24.8 Å². The van der Waals surface area contributed by atoms with Gasteiger partial charge in [0.05, 0.1) is 5.69 Å². The fourth-order valence-electron chi connectivity index (χ4n) is 3.45. The zero-order chi connectivity index (χ0) is 20.6. The first kappa shape index (κ1) is 20.4. The van der Waals surface area contributed by atoms with E-state index in [1.54, 1.807) is 11.9 Å². The predicted octanol–water partition coefficient (Wildman–Crippen LogP) is 3.66. The van der Waals surface area contributed by atoms with Crippen LogP contribution in [0.5, 0.6) is 0 Å². The van der Waals surface area contributed by atoms with Crippen LogP contribution in [-0.2, 0) is 30.6 Å². The van der Waals surface area contributed by atoms with Crippen LogP contribution in [0.15, 0.2) is 6.07 Å². The van der Waals surface area contributed by atoms with Gasteiger partial charge in [-0.2, -0.15) is 23.4 Å². The summed E-state index contributed by atoms with van der Waals surface area (Å²) in [4.78, 5) is 14.2. The molecule has 1 aliphatic rings. The molecule has 0 spiro atoms. The summed E-state index contributed by atoms with van der Waals surface area (Å²) in [5, 5.41) is 8.16. The lowest BCUT2D eigenvalue weighted by Gasteiger charge is -2.18. The number of hydrogen-bond acceptors (Lipinski definition) is 3. The number of hydrogen-bond donors (Lipinski definition) is 0. The van der Waals surface area contributed by atoms with E-state index in [1.165, 1.54) is 4.68 Å². The van der Waals surface area contributed by atoms with Gasteiger partial charge in [-0.25, -0.2) is 0 Å². The van der Waals surface area contributed by atoms with E-state index in [1.807, 2.05) is 25.5 Å². The second kappa shape index (κ2) is 7.60. The summed E-state index contributed by atoms with van der Waals surface area (Å²) in [5.74, 6) is -0.00420. The Bertz CT molecular complexity index is 864. The second-order valence-electron chi connectivity index (χ2n) is 7.41. The van der Waals surface area contributed by atoms with Gasteiger partial charge in [-0.15, -0.1) is 0 Å². The van der Waals surface area contributed by atoms with Crippen molar-refractivity contribution in [2.45, 2.75) is 71.8 Å². The SMILES string of the molecule is CCn1nc(C)c(CN(C)C(=O)CCn2nc(C(F)(F)F)cc2C2CC2)c1C. The van der Waals surface area contributed by atoms with Gasteiger partial charge in [-0.3, -0.25) is 14.2 Å². The van der Waals surface area contributed by atoms with E-state index in [0.717, 1.165) is 42.4 Å². The molecular formula is C19H26F3N5O. The third-order valence-electron chi connectivity index (χ3n) is 5.29. The minimum atomic E-state index is -4.47. The number of rotatable bonds is 7. The number of carbonyl (C=O) groups excluding carboxylic acids is 1. The van der Waals surface area contributed by atoms with E-state index in [4.69, 9.17) is 0 Å². The van der Waals surface area contributed by atoms with Crippen molar-refractivity contribution in [3.8, 4) is 0 Å². The van der Waals surface area contributed by atoms with Gasteiger partial charge in [0.25, 0.3) is 0 Å². The first-order valence-electron chi connectivity index (χ1n) is 9.53. The largest absolute Gasteiger partial charge is 0.435 e. The molecule has 28 heavy (non-hydrogen) atoms. The lowest BCUT2D eigenvalue weighted by atomic mass is 10.2. The first-order valence-corrected chi connectivity index (χ1v) is 9.53. The van der Waals surface area contributed by atoms with E-state index in [2.05, 4.69) is 10.2 Å². The summed E-state index contributed by atoms with van der Waals surface area (Å²) in [6.07, 6.45) is -2.62. The van der Waals surface area contributed by atoms with Gasteiger partial charge in [0.15, 0.2) is 5.69 Å². The first-order chi connectivity index (χ1) is 13.1. The molecule has 0 bridgehead atoms. The molecule has 154 valence electrons. The van der Waals surface area contributed by atoms with E-state index in [9.17, 15) is 18.0 Å². The number of aryl methyl sites for hydroxylation is 3. The Kier molecular flexibility index (Phi) is 5.54. The zero-order valence-corrected chi connectivity index (χ0v) is 16.7. The molecule has 0 atom stereocenters. The van der Waals surface area contributed by atoms with Crippen LogP contribution in [0.1, 0.15) is 60.4 Å². The Hall–Kier alpha value is -2.32. The molecular weight excluding hydrogens is 371 g/mol. The quantitative estimate of drug-likeness (QED) is 0.717. The van der Waals surface area contributed by atoms with Crippen LogP contribution >= 0.6 is 0 Å². The number of aromatic nitrogens is 4. The molecule has 0 aromatic carbocycles. The lowest BCUT2D eigenvalue weighted by Crippen LogP contribution is -2.28. The van der Waals surface area contributed by atoms with Gasteiger partial charge in [0, 0.05) is 56.0 Å². The fraction of sp³-hybridized carbons (Fsp3) is 0.632. The Morgan fingerprint density at radius 3 is 2.46 bits per heavy atom. The summed E-state index contributed by atoms with van der Waals surface area (Å²) < 4.78 is 42.2. The van der Waals surface area contributed by atoms with Crippen LogP contribution in [-0.4, -0.2) is 37.4 Å². The molecule has 1 amide bonds. The summed E-state index contributed by atoms with van der Waals surface area (Å²) in [7, 11) is 1.70. The molecule has 0 unspecified atom stereocenters. The lowest BCUT2D eigenvalue weighted by molar-refractivity contribution is -0.141. The Balaban J connectivity index is 1.66. The Morgan fingerprint density at radius 2 is 1.93 bits per heavy atom. The minimum absolute atomic E-state index is 0.106. The van der Waals surface area contributed by atoms with Crippen molar-refractivity contribution in [1.29, 1.82) is 0 Å². The van der Waals surface area contributed by atoms with E-state index >= 15 is 0 Å². The number of alkyl halides is 3. The third-order valence-corrected chi connectivity index (χ3v) is 5.29. The monoisotopic (exact) mass is 397 g/mol. The molecule has 2 aromatic heterocycles. The van der Waals surface area contributed by atoms with Crippen LogP contribution < -0.4 is 0 Å². The van der Waals surface area contributed by atoms with Crippen LogP contribution in [0.2, 0.25) is 0 Å². The average molecular weight is 397 g/mol. The standard InChI is InChI=1S/C19H26F3N5O/c1-5-26-13(3)15(12(2)23-26)11-25(4)18(28)8-9-27-16(14-6-7-14)10-17(24-27)19(20,21)22/h10,14H,5-9,11H2,1-4H3. The van der Waals surface area contributed by atoms with Gasteiger partial charge in [0.1, 0.15) is 0 Å². The average Bonchev–Trinajstić information content (AvgIpc) is 3.32. The van der Waals surface area contributed by atoms with Crippen LogP contribution in [0.25, 0.3) is 0 Å². The molecule has 0 saturated heterocycles. The summed E-state index contributed by atoms with van der Waals surface area (Å²) >= 11 is 0. The molecule has 0 radical (unpaired) electrons. The van der Waals surface area contributed by atoms with Gasteiger partial charge >= 0.3 is 6.18 Å². The Morgan fingerprint density at radius 1 is 1.25 bits per heavy atom. The molecule has 2 aromatic rings. The van der Waals surface area contributed by atoms with E-state index in [0.29, 0.717) is 12.2 Å². The number of halogens is 3. The molecule has 1 aliphatic carbocycles. The van der Waals surface area contributed by atoms with E-state index < -0.39 is 11.9 Å². The number of amides is 1. The topological polar surface area (TPSA) is 56.0 Å². The maximum Gasteiger partial charge on any atom is 0.435 e. The van der Waals surface area contributed by atoms with Gasteiger partial charge in [-0.1, -0.05) is 0 Å². The summed E-state index contributed by atoms with van der Waals surface area (Å²) in [6, 6.07) is 1.12. The molecule has 1 fully saturated rings. The molecule has 0 aliphatic heterocycles. The Labute approximate surface area is 162 Å². The van der Waals surface area contributed by atoms with Crippen molar-refractivity contribution in [1.82, 2.24) is 24.5 Å². The minimum Gasteiger partial charge on any atom is -0.341 e. The molecule has 6 nitrogen and oxygen atoms in total. The fourth-order valence-corrected chi connectivity index (χ4v) is 3.45. The highest BCUT2D eigenvalue weighted by molar-refractivity contribution is 5.75. The number of nitrogens with zero attached hydrogens (tertiary/aromatic N) is 5. The van der Waals surface area contributed by atoms with Crippen molar-refractivity contribution in [2.24, 2.45) is 0 Å². The third kappa shape index (κ3) is 4.23. The highest BCUT2D eigenvalue weighted by Gasteiger charge is 2.37. The molecule has 0 N–H and O–H groups in total. The van der Waals surface area contributed by atoms with Gasteiger partial charge in [-0.05, 0) is 39.7 Å². The highest BCUT2D eigenvalue weighted by Crippen LogP contribution is 2.42. The van der Waals surface area contributed by atoms with Gasteiger partial charge in [0.2, 0.25) is 5.91 Å². The zero-order valence-electron chi connectivity index (χ0n) is 16.7. The van der Waals surface area contributed by atoms with Crippen molar-refractivity contribution in [3.63, 3.8) is 0 Å². The van der Waals surface area contributed by atoms with Gasteiger partial charge < -0.3 is 4.90 Å². The second-order valence-corrected chi connectivity index (χ2v) is 7.41. The van der Waals surface area contributed by atoms with Crippen molar-refractivity contribution < 1.29 is 18.0 Å². The van der Waals surface area contributed by atoms with Crippen molar-refractivity contribution in [3.05, 3.63) is 34.4 Å². The summed E-state index contributed by atoms with van der Waals surface area (Å²) in [5.41, 5.74) is 2.62. The number of carbonyl (C=O) groups is 1. The van der Waals surface area contributed by atoms with Crippen molar-refractivity contribution >= 4 is 5.91 Å². The molecule has 2 heterocycles. The maximum atomic E-state index is 13.0. The summed E-state index contributed by atoms with van der Waals surface area (Å²) in [6.45, 7) is 7.23. The van der Waals surface area contributed by atoms with Crippen molar-refractivity contribution in [2.75, 3.05) is 7.05 Å². The highest BCUT2D eigenvalue weighted by atomic mass is 19.4. The maximum absolute atomic E-state index is 13.0. The molecule has 9 heteroatoms. The smallest absolute Gasteiger partial charge is 0.341 e. The van der Waals surface area contributed by atoms with Crippen LogP contribution in [0.3, 0.4) is 0 Å².